The number of amides is 2. The number of hydrogen-bond acceptors (Lipinski definition) is 6. The number of benzene rings is 3. The molecule has 2 amide bonds. The smallest absolute Gasteiger partial charge is 0.264 e. The molecule has 0 spiro atoms. The van der Waals surface area contributed by atoms with Gasteiger partial charge in [-0.2, -0.15) is 0 Å². The Labute approximate surface area is 248 Å². The van der Waals surface area contributed by atoms with Crippen LogP contribution in [-0.4, -0.2) is 58.0 Å². The Morgan fingerprint density at radius 1 is 0.929 bits per heavy atom. The van der Waals surface area contributed by atoms with Gasteiger partial charge in [0.1, 0.15) is 24.1 Å². The molecule has 1 saturated carbocycles. The van der Waals surface area contributed by atoms with Gasteiger partial charge in [0.15, 0.2) is 0 Å². The third-order valence-electron chi connectivity index (χ3n) is 7.62. The predicted molar refractivity (Wildman–Crippen MR) is 162 cm³/mol. The fourth-order valence-electron chi connectivity index (χ4n) is 5.09. The quantitative estimate of drug-likeness (QED) is 0.327. The maximum atomic E-state index is 14.1. The van der Waals surface area contributed by atoms with Crippen LogP contribution in [0.15, 0.2) is 77.7 Å². The van der Waals surface area contributed by atoms with Gasteiger partial charge in [-0.1, -0.05) is 54.8 Å². The van der Waals surface area contributed by atoms with Crippen LogP contribution in [-0.2, 0) is 26.2 Å². The number of nitrogens with zero attached hydrogens (tertiary/aromatic N) is 2. The van der Waals surface area contributed by atoms with Crippen molar-refractivity contribution in [3.05, 3.63) is 83.9 Å². The molecule has 0 unspecified atom stereocenters. The van der Waals surface area contributed by atoms with E-state index in [1.165, 1.54) is 24.1 Å². The number of nitrogens with one attached hydrogen (secondary N) is 1. The second-order valence-corrected chi connectivity index (χ2v) is 12.4. The Morgan fingerprint density at radius 2 is 1.57 bits per heavy atom. The topological polar surface area (TPSA) is 105 Å². The van der Waals surface area contributed by atoms with E-state index < -0.39 is 28.5 Å². The Balaban J connectivity index is 1.71. The van der Waals surface area contributed by atoms with Gasteiger partial charge in [0, 0.05) is 12.6 Å². The van der Waals surface area contributed by atoms with E-state index in [4.69, 9.17) is 9.47 Å². The molecule has 9 nitrogen and oxygen atoms in total. The SMILES string of the molecule is COc1ccc(CN(C(=O)CN(c2ccccc2OC)S(=O)(=O)c2ccc(C)cc2)[C@H](C)C(=O)NC2CCCC2)cc1. The first kappa shape index (κ1) is 30.9. The summed E-state index contributed by atoms with van der Waals surface area (Å²) in [6.45, 7) is 3.11. The largest absolute Gasteiger partial charge is 0.497 e. The number of methoxy groups -OCH3 is 2. The molecule has 3 aromatic carbocycles. The van der Waals surface area contributed by atoms with E-state index in [0.717, 1.165) is 41.1 Å². The highest BCUT2D eigenvalue weighted by Crippen LogP contribution is 2.32. The second-order valence-electron chi connectivity index (χ2n) is 10.5. The molecule has 42 heavy (non-hydrogen) atoms. The molecule has 0 saturated heterocycles. The normalized spacial score (nSPS) is 14.2. The number of sulfonamides is 1. The van der Waals surface area contributed by atoms with Gasteiger partial charge in [-0.15, -0.1) is 0 Å². The molecule has 1 aliphatic carbocycles. The third kappa shape index (κ3) is 7.23. The summed E-state index contributed by atoms with van der Waals surface area (Å²) in [6, 6.07) is 19.5. The maximum absolute atomic E-state index is 14.1. The van der Waals surface area contributed by atoms with Crippen molar-refractivity contribution >= 4 is 27.5 Å². The summed E-state index contributed by atoms with van der Waals surface area (Å²) in [6.07, 6.45) is 3.92. The number of para-hydroxylation sites is 2. The van der Waals surface area contributed by atoms with Crippen molar-refractivity contribution in [1.82, 2.24) is 10.2 Å². The molecule has 1 fully saturated rings. The first-order valence-electron chi connectivity index (χ1n) is 14.1. The van der Waals surface area contributed by atoms with Crippen molar-refractivity contribution in [3.8, 4) is 11.5 Å². The molecule has 0 heterocycles. The number of anilines is 1. The lowest BCUT2D eigenvalue weighted by molar-refractivity contribution is -0.139. The van der Waals surface area contributed by atoms with Crippen molar-refractivity contribution in [2.24, 2.45) is 0 Å². The molecule has 1 N–H and O–H groups in total. The van der Waals surface area contributed by atoms with Crippen LogP contribution in [0.3, 0.4) is 0 Å². The highest BCUT2D eigenvalue weighted by atomic mass is 32.2. The van der Waals surface area contributed by atoms with Gasteiger partial charge in [-0.05, 0) is 68.7 Å². The molecule has 3 aromatic rings. The molecule has 4 rings (SSSR count). The number of carbonyl (C=O) groups is 2. The molecule has 1 atom stereocenters. The summed E-state index contributed by atoms with van der Waals surface area (Å²) in [5, 5.41) is 3.08. The van der Waals surface area contributed by atoms with Crippen molar-refractivity contribution in [1.29, 1.82) is 0 Å². The summed E-state index contributed by atoms with van der Waals surface area (Å²) in [4.78, 5) is 29.0. The summed E-state index contributed by atoms with van der Waals surface area (Å²) in [7, 11) is -1.17. The summed E-state index contributed by atoms with van der Waals surface area (Å²) in [5.74, 6) is 0.167. The van der Waals surface area contributed by atoms with Crippen molar-refractivity contribution in [2.75, 3.05) is 25.1 Å². The van der Waals surface area contributed by atoms with Crippen LogP contribution >= 0.6 is 0 Å². The standard InChI is InChI=1S/C32H39N3O6S/c1-23-13-19-28(20-14-23)42(38,39)35(29-11-7-8-12-30(29)41-4)22-31(36)34(21-25-15-17-27(40-3)18-16-25)24(2)32(37)33-26-9-5-6-10-26/h7-8,11-20,24,26H,5-6,9-10,21-22H2,1-4H3,(H,33,37)/t24-/m1/s1. The zero-order valence-corrected chi connectivity index (χ0v) is 25.4. The van der Waals surface area contributed by atoms with E-state index in [1.807, 2.05) is 19.1 Å². The zero-order chi connectivity index (χ0) is 30.3. The van der Waals surface area contributed by atoms with Crippen LogP contribution in [0.5, 0.6) is 11.5 Å². The molecule has 224 valence electrons. The van der Waals surface area contributed by atoms with Gasteiger partial charge in [0.2, 0.25) is 11.8 Å². The van der Waals surface area contributed by atoms with Crippen LogP contribution < -0.4 is 19.1 Å². The Hall–Kier alpha value is -4.05. The van der Waals surface area contributed by atoms with Crippen LogP contribution in [0.4, 0.5) is 5.69 Å². The molecule has 0 aromatic heterocycles. The fourth-order valence-corrected chi connectivity index (χ4v) is 6.51. The van der Waals surface area contributed by atoms with Crippen LogP contribution in [0.25, 0.3) is 0 Å². The number of hydrogen-bond donors (Lipinski definition) is 1. The second kappa shape index (κ2) is 13.7. The van der Waals surface area contributed by atoms with Gasteiger partial charge in [0.05, 0.1) is 24.8 Å². The molecule has 1 aliphatic rings. The van der Waals surface area contributed by atoms with Crippen molar-refractivity contribution in [3.63, 3.8) is 0 Å². The van der Waals surface area contributed by atoms with Gasteiger partial charge >= 0.3 is 0 Å². The van der Waals surface area contributed by atoms with Gasteiger partial charge in [-0.3, -0.25) is 13.9 Å². The molecular weight excluding hydrogens is 554 g/mol. The molecule has 0 bridgehead atoms. The highest BCUT2D eigenvalue weighted by molar-refractivity contribution is 7.92. The zero-order valence-electron chi connectivity index (χ0n) is 24.6. The fraction of sp³-hybridized carbons (Fsp3) is 0.375. The van der Waals surface area contributed by atoms with E-state index in [2.05, 4.69) is 5.32 Å². The molecule has 0 radical (unpaired) electrons. The number of ether oxygens (including phenoxy) is 2. The average molecular weight is 594 g/mol. The lowest BCUT2D eigenvalue weighted by Gasteiger charge is -2.33. The number of aryl methyl sites for hydroxylation is 1. The average Bonchev–Trinajstić information content (AvgIpc) is 3.51. The van der Waals surface area contributed by atoms with E-state index in [0.29, 0.717) is 11.5 Å². The van der Waals surface area contributed by atoms with Crippen molar-refractivity contribution in [2.45, 2.75) is 63.1 Å². The minimum atomic E-state index is -4.19. The minimum Gasteiger partial charge on any atom is -0.497 e. The molecule has 10 heteroatoms. The van der Waals surface area contributed by atoms with E-state index >= 15 is 0 Å². The Bertz CT molecular complexity index is 1470. The van der Waals surface area contributed by atoms with Gasteiger partial charge in [-0.25, -0.2) is 8.42 Å². The molecule has 0 aliphatic heterocycles. The van der Waals surface area contributed by atoms with Gasteiger partial charge in [0.25, 0.3) is 10.0 Å². The predicted octanol–water partition coefficient (Wildman–Crippen LogP) is 4.68. The van der Waals surface area contributed by atoms with Crippen LogP contribution in [0.1, 0.15) is 43.7 Å². The summed E-state index contributed by atoms with van der Waals surface area (Å²) in [5.41, 5.74) is 1.90. The highest BCUT2D eigenvalue weighted by Gasteiger charge is 2.34. The lowest BCUT2D eigenvalue weighted by Crippen LogP contribution is -2.52. The summed E-state index contributed by atoms with van der Waals surface area (Å²) < 4.78 is 39.9. The van der Waals surface area contributed by atoms with E-state index in [1.54, 1.807) is 62.6 Å². The first-order valence-corrected chi connectivity index (χ1v) is 15.5. The van der Waals surface area contributed by atoms with E-state index in [9.17, 15) is 18.0 Å². The number of carbonyl (C=O) groups excluding carboxylic acids is 2. The summed E-state index contributed by atoms with van der Waals surface area (Å²) >= 11 is 0. The number of rotatable bonds is 12. The maximum Gasteiger partial charge on any atom is 0.264 e. The third-order valence-corrected chi connectivity index (χ3v) is 9.40. The minimum absolute atomic E-state index is 0.0422. The van der Waals surface area contributed by atoms with Crippen LogP contribution in [0, 0.1) is 6.92 Å². The monoisotopic (exact) mass is 593 g/mol. The van der Waals surface area contributed by atoms with E-state index in [-0.39, 0.29) is 29.1 Å². The lowest BCUT2D eigenvalue weighted by atomic mass is 10.1. The Kier molecular flexibility index (Phi) is 10.1. The molecular formula is C32H39N3O6S. The first-order chi connectivity index (χ1) is 20.1. The van der Waals surface area contributed by atoms with Crippen molar-refractivity contribution < 1.29 is 27.5 Å². The van der Waals surface area contributed by atoms with Crippen LogP contribution in [0.2, 0.25) is 0 Å². The Morgan fingerprint density at radius 3 is 2.19 bits per heavy atom. The van der Waals surface area contributed by atoms with Gasteiger partial charge < -0.3 is 19.7 Å².